The summed E-state index contributed by atoms with van der Waals surface area (Å²) in [6.45, 7) is 5.96. The third-order valence-electron chi connectivity index (χ3n) is 3.12. The molecule has 0 heterocycles. The first-order valence-electron chi connectivity index (χ1n) is 6.49. The summed E-state index contributed by atoms with van der Waals surface area (Å²) in [4.78, 5) is 11.3. The van der Waals surface area contributed by atoms with E-state index in [1.54, 1.807) is 5.48 Å². The minimum absolute atomic E-state index is 0.279. The first-order valence-corrected chi connectivity index (χ1v) is 6.49. The van der Waals surface area contributed by atoms with Gasteiger partial charge in [0.1, 0.15) is 0 Å². The largest absolute Gasteiger partial charge is 0.289 e. The summed E-state index contributed by atoms with van der Waals surface area (Å²) in [6.07, 6.45) is 9.60. The highest BCUT2D eigenvalue weighted by Gasteiger charge is 2.26. The molecule has 0 unspecified atom stereocenters. The maximum atomic E-state index is 11.3. The van der Waals surface area contributed by atoms with Crippen molar-refractivity contribution in [3.8, 4) is 0 Å². The summed E-state index contributed by atoms with van der Waals surface area (Å²) in [5.74, 6) is -0.279. The second-order valence-corrected chi connectivity index (χ2v) is 5.20. The predicted octanol–water partition coefficient (Wildman–Crippen LogP) is 3.66. The standard InChI is InChI=1S/C13H27NO2/c1-4-5-6-7-8-9-10-11-13(2,3)12(15)14-16/h16H,4-11H2,1-3H3,(H,14,15). The van der Waals surface area contributed by atoms with E-state index in [1.165, 1.54) is 38.5 Å². The SMILES string of the molecule is CCCCCCCCCC(C)(C)C(=O)NO. The van der Waals surface area contributed by atoms with Gasteiger partial charge in [-0.2, -0.15) is 0 Å². The van der Waals surface area contributed by atoms with Crippen LogP contribution in [0.4, 0.5) is 0 Å². The molecule has 0 saturated heterocycles. The fraction of sp³-hybridized carbons (Fsp3) is 0.923. The van der Waals surface area contributed by atoms with Crippen molar-refractivity contribution in [2.75, 3.05) is 0 Å². The lowest BCUT2D eigenvalue weighted by Gasteiger charge is -2.21. The van der Waals surface area contributed by atoms with Crippen LogP contribution in [0.2, 0.25) is 0 Å². The van der Waals surface area contributed by atoms with E-state index in [1.807, 2.05) is 13.8 Å². The third kappa shape index (κ3) is 6.83. The van der Waals surface area contributed by atoms with Gasteiger partial charge in [-0.05, 0) is 6.42 Å². The van der Waals surface area contributed by atoms with Gasteiger partial charge in [0.25, 0.3) is 0 Å². The van der Waals surface area contributed by atoms with E-state index < -0.39 is 5.41 Å². The minimum atomic E-state index is -0.446. The van der Waals surface area contributed by atoms with E-state index in [-0.39, 0.29) is 5.91 Å². The lowest BCUT2D eigenvalue weighted by Crippen LogP contribution is -2.34. The lowest BCUT2D eigenvalue weighted by atomic mass is 9.86. The minimum Gasteiger partial charge on any atom is -0.289 e. The number of rotatable bonds is 9. The maximum absolute atomic E-state index is 11.3. The molecule has 0 aromatic rings. The van der Waals surface area contributed by atoms with Crippen molar-refractivity contribution in [3.63, 3.8) is 0 Å². The Bertz CT molecular complexity index is 190. The average molecular weight is 229 g/mol. The summed E-state index contributed by atoms with van der Waals surface area (Å²) < 4.78 is 0. The molecule has 0 spiro atoms. The Hall–Kier alpha value is -0.570. The molecule has 0 atom stereocenters. The van der Waals surface area contributed by atoms with Crippen molar-refractivity contribution in [2.24, 2.45) is 5.41 Å². The third-order valence-corrected chi connectivity index (χ3v) is 3.12. The van der Waals surface area contributed by atoms with Crippen molar-refractivity contribution in [1.29, 1.82) is 0 Å². The van der Waals surface area contributed by atoms with Gasteiger partial charge >= 0.3 is 0 Å². The van der Waals surface area contributed by atoms with Crippen LogP contribution in [-0.2, 0) is 4.79 Å². The molecule has 2 N–H and O–H groups in total. The van der Waals surface area contributed by atoms with E-state index in [9.17, 15) is 4.79 Å². The fourth-order valence-electron chi connectivity index (χ4n) is 1.79. The molecule has 0 aromatic carbocycles. The Morgan fingerprint density at radius 3 is 2.06 bits per heavy atom. The average Bonchev–Trinajstić information content (AvgIpc) is 2.26. The molecule has 0 aliphatic rings. The first kappa shape index (κ1) is 15.4. The molecule has 0 saturated carbocycles. The van der Waals surface area contributed by atoms with Crippen LogP contribution in [0, 0.1) is 5.41 Å². The van der Waals surface area contributed by atoms with Gasteiger partial charge in [0.05, 0.1) is 0 Å². The molecule has 0 rings (SSSR count). The van der Waals surface area contributed by atoms with Crippen LogP contribution < -0.4 is 5.48 Å². The molecule has 0 radical (unpaired) electrons. The molecular formula is C13H27NO2. The van der Waals surface area contributed by atoms with Crippen molar-refractivity contribution >= 4 is 5.91 Å². The molecule has 0 aromatic heterocycles. The smallest absolute Gasteiger partial charge is 0.248 e. The maximum Gasteiger partial charge on any atom is 0.248 e. The Labute approximate surface area is 99.6 Å². The van der Waals surface area contributed by atoms with Crippen molar-refractivity contribution in [2.45, 2.75) is 72.1 Å². The number of carbonyl (C=O) groups excluding carboxylic acids is 1. The quantitative estimate of drug-likeness (QED) is 0.360. The van der Waals surface area contributed by atoms with Gasteiger partial charge in [0.2, 0.25) is 5.91 Å². The number of unbranched alkanes of at least 4 members (excludes halogenated alkanes) is 6. The monoisotopic (exact) mass is 229 g/mol. The second-order valence-electron chi connectivity index (χ2n) is 5.20. The predicted molar refractivity (Wildman–Crippen MR) is 66.3 cm³/mol. The van der Waals surface area contributed by atoms with Crippen molar-refractivity contribution in [3.05, 3.63) is 0 Å². The highest BCUT2D eigenvalue weighted by Crippen LogP contribution is 2.24. The molecule has 16 heavy (non-hydrogen) atoms. The van der Waals surface area contributed by atoms with Crippen LogP contribution in [0.25, 0.3) is 0 Å². The molecule has 1 amide bonds. The van der Waals surface area contributed by atoms with E-state index in [0.29, 0.717) is 0 Å². The zero-order chi connectivity index (χ0) is 12.4. The molecular weight excluding hydrogens is 202 g/mol. The van der Waals surface area contributed by atoms with Crippen LogP contribution in [0.15, 0.2) is 0 Å². The molecule has 3 nitrogen and oxygen atoms in total. The zero-order valence-corrected chi connectivity index (χ0v) is 11.0. The summed E-state index contributed by atoms with van der Waals surface area (Å²) in [5, 5.41) is 8.57. The summed E-state index contributed by atoms with van der Waals surface area (Å²) in [7, 11) is 0. The Morgan fingerprint density at radius 2 is 1.56 bits per heavy atom. The van der Waals surface area contributed by atoms with E-state index in [4.69, 9.17) is 5.21 Å². The van der Waals surface area contributed by atoms with Gasteiger partial charge in [-0.3, -0.25) is 10.0 Å². The molecule has 0 aliphatic carbocycles. The Balaban J connectivity index is 3.47. The van der Waals surface area contributed by atoms with Crippen LogP contribution in [0.1, 0.15) is 72.1 Å². The van der Waals surface area contributed by atoms with Crippen LogP contribution in [-0.4, -0.2) is 11.1 Å². The number of carbonyl (C=O) groups is 1. The number of hydrogen-bond acceptors (Lipinski definition) is 2. The number of amides is 1. The highest BCUT2D eigenvalue weighted by atomic mass is 16.5. The summed E-state index contributed by atoms with van der Waals surface area (Å²) >= 11 is 0. The second kappa shape index (κ2) is 8.57. The highest BCUT2D eigenvalue weighted by molar-refractivity contribution is 5.80. The lowest BCUT2D eigenvalue weighted by molar-refractivity contribution is -0.138. The first-order chi connectivity index (χ1) is 7.54. The molecule has 0 bridgehead atoms. The van der Waals surface area contributed by atoms with Gasteiger partial charge in [-0.1, -0.05) is 65.7 Å². The van der Waals surface area contributed by atoms with Crippen LogP contribution in [0.5, 0.6) is 0 Å². The summed E-state index contributed by atoms with van der Waals surface area (Å²) in [5.41, 5.74) is 1.29. The van der Waals surface area contributed by atoms with Gasteiger partial charge in [-0.25, -0.2) is 5.48 Å². The van der Waals surface area contributed by atoms with E-state index >= 15 is 0 Å². The molecule has 0 aliphatic heterocycles. The van der Waals surface area contributed by atoms with E-state index in [0.717, 1.165) is 12.8 Å². The molecule has 3 heteroatoms. The van der Waals surface area contributed by atoms with Gasteiger partial charge in [-0.15, -0.1) is 0 Å². The van der Waals surface area contributed by atoms with Crippen LogP contribution in [0.3, 0.4) is 0 Å². The zero-order valence-electron chi connectivity index (χ0n) is 11.0. The van der Waals surface area contributed by atoms with Gasteiger partial charge in [0.15, 0.2) is 0 Å². The number of hydroxylamine groups is 1. The Morgan fingerprint density at radius 1 is 1.06 bits per heavy atom. The number of hydrogen-bond donors (Lipinski definition) is 2. The summed E-state index contributed by atoms with van der Waals surface area (Å²) in [6, 6.07) is 0. The van der Waals surface area contributed by atoms with Crippen LogP contribution >= 0.6 is 0 Å². The van der Waals surface area contributed by atoms with Gasteiger partial charge in [0, 0.05) is 5.41 Å². The fourth-order valence-corrected chi connectivity index (χ4v) is 1.79. The van der Waals surface area contributed by atoms with Gasteiger partial charge < -0.3 is 0 Å². The Kier molecular flexibility index (Phi) is 8.26. The van der Waals surface area contributed by atoms with Crippen molar-refractivity contribution < 1.29 is 10.0 Å². The number of nitrogens with one attached hydrogen (secondary N) is 1. The molecule has 0 fully saturated rings. The molecule has 96 valence electrons. The van der Waals surface area contributed by atoms with Crippen molar-refractivity contribution in [1.82, 2.24) is 5.48 Å². The topological polar surface area (TPSA) is 49.3 Å². The normalized spacial score (nSPS) is 11.5. The van der Waals surface area contributed by atoms with E-state index in [2.05, 4.69) is 6.92 Å².